The van der Waals surface area contributed by atoms with Gasteiger partial charge in [0.1, 0.15) is 11.3 Å². The van der Waals surface area contributed by atoms with Crippen LogP contribution >= 0.6 is 0 Å². The predicted molar refractivity (Wildman–Crippen MR) is 105 cm³/mol. The van der Waals surface area contributed by atoms with Crippen molar-refractivity contribution < 1.29 is 18.8 Å². The zero-order valence-corrected chi connectivity index (χ0v) is 15.6. The summed E-state index contributed by atoms with van der Waals surface area (Å²) in [5.74, 6) is -0.269. The van der Waals surface area contributed by atoms with Crippen LogP contribution in [-0.4, -0.2) is 30.9 Å². The van der Waals surface area contributed by atoms with Gasteiger partial charge in [-0.1, -0.05) is 18.2 Å². The van der Waals surface area contributed by atoms with Crippen LogP contribution in [0.1, 0.15) is 30.6 Å². The predicted octanol–water partition coefficient (Wildman–Crippen LogP) is 3.24. The average Bonchev–Trinajstić information content (AvgIpc) is 3.16. The first-order valence-electron chi connectivity index (χ1n) is 9.36. The fraction of sp³-hybridized carbons (Fsp3) is 0.286. The minimum absolute atomic E-state index is 0.137. The fourth-order valence-electron chi connectivity index (χ4n) is 3.54. The lowest BCUT2D eigenvalue weighted by Gasteiger charge is -2.27. The number of anilines is 2. The summed E-state index contributed by atoms with van der Waals surface area (Å²) in [6.07, 6.45) is 4.84. The third-order valence-corrected chi connectivity index (χ3v) is 5.02. The minimum Gasteiger partial charge on any atom is -0.441 e. The Hall–Kier alpha value is -3.35. The number of benzene rings is 1. The Kier molecular flexibility index (Phi) is 4.73. The Balaban J connectivity index is 1.64. The van der Waals surface area contributed by atoms with Gasteiger partial charge in [-0.3, -0.25) is 14.9 Å². The van der Waals surface area contributed by atoms with E-state index in [1.54, 1.807) is 31.2 Å². The molecule has 0 unspecified atom stereocenters. The van der Waals surface area contributed by atoms with E-state index in [0.717, 1.165) is 42.3 Å². The van der Waals surface area contributed by atoms with Gasteiger partial charge in [-0.15, -0.1) is 0 Å². The summed E-state index contributed by atoms with van der Waals surface area (Å²) in [4.78, 5) is 40.7. The van der Waals surface area contributed by atoms with Crippen molar-refractivity contribution in [3.05, 3.63) is 53.3 Å². The molecule has 2 fully saturated rings. The summed E-state index contributed by atoms with van der Waals surface area (Å²) in [6, 6.07) is 9.83. The summed E-state index contributed by atoms with van der Waals surface area (Å²) in [5, 5.41) is 2.23. The number of imide groups is 2. The smallest absolute Gasteiger partial charge is 0.335 e. The standard InChI is InChI=1S/C21H21N3O4/c1-14-7-3-4-8-17(14)24-20(26)16(19(25)22-21(24)27)13-15-9-10-18(28-15)23-11-5-2-6-12-23/h3-4,7-10,13H,2,5-6,11-12H2,1H3,(H,22,25,27). The Morgan fingerprint density at radius 2 is 1.75 bits per heavy atom. The Morgan fingerprint density at radius 3 is 2.50 bits per heavy atom. The second kappa shape index (κ2) is 7.34. The van der Waals surface area contributed by atoms with E-state index in [-0.39, 0.29) is 5.57 Å². The Labute approximate surface area is 162 Å². The van der Waals surface area contributed by atoms with Gasteiger partial charge in [-0.2, -0.15) is 0 Å². The molecule has 3 heterocycles. The van der Waals surface area contributed by atoms with Crippen molar-refractivity contribution in [1.82, 2.24) is 5.32 Å². The molecule has 2 aliphatic heterocycles. The Morgan fingerprint density at radius 1 is 1.00 bits per heavy atom. The molecule has 4 rings (SSSR count). The lowest BCUT2D eigenvalue weighted by atomic mass is 10.1. The van der Waals surface area contributed by atoms with Gasteiger partial charge >= 0.3 is 6.03 Å². The van der Waals surface area contributed by atoms with Crippen molar-refractivity contribution in [3.63, 3.8) is 0 Å². The molecule has 2 saturated heterocycles. The number of para-hydroxylation sites is 1. The van der Waals surface area contributed by atoms with Crippen molar-refractivity contribution in [2.75, 3.05) is 22.9 Å². The molecule has 7 nitrogen and oxygen atoms in total. The van der Waals surface area contributed by atoms with E-state index in [1.165, 1.54) is 12.5 Å². The topological polar surface area (TPSA) is 82.9 Å². The zero-order chi connectivity index (χ0) is 19.7. The van der Waals surface area contributed by atoms with Gasteiger partial charge in [0.05, 0.1) is 5.69 Å². The van der Waals surface area contributed by atoms with Gasteiger partial charge in [0, 0.05) is 19.2 Å². The van der Waals surface area contributed by atoms with Crippen molar-refractivity contribution in [3.8, 4) is 0 Å². The van der Waals surface area contributed by atoms with Crippen LogP contribution in [0.25, 0.3) is 6.08 Å². The van der Waals surface area contributed by atoms with E-state index in [1.807, 2.05) is 12.1 Å². The first-order valence-corrected chi connectivity index (χ1v) is 9.36. The fourth-order valence-corrected chi connectivity index (χ4v) is 3.54. The van der Waals surface area contributed by atoms with Crippen LogP contribution in [-0.2, 0) is 9.59 Å². The van der Waals surface area contributed by atoms with Crippen molar-refractivity contribution in [1.29, 1.82) is 0 Å². The van der Waals surface area contributed by atoms with Crippen LogP contribution in [0, 0.1) is 6.92 Å². The summed E-state index contributed by atoms with van der Waals surface area (Å²) >= 11 is 0. The van der Waals surface area contributed by atoms with Gasteiger partial charge in [0.2, 0.25) is 0 Å². The molecule has 0 bridgehead atoms. The first-order chi connectivity index (χ1) is 13.5. The number of nitrogens with zero attached hydrogens (tertiary/aromatic N) is 2. The zero-order valence-electron chi connectivity index (χ0n) is 15.6. The highest BCUT2D eigenvalue weighted by Crippen LogP contribution is 2.27. The number of amides is 4. The van der Waals surface area contributed by atoms with Crippen LogP contribution in [0.2, 0.25) is 0 Å². The quantitative estimate of drug-likeness (QED) is 0.654. The number of barbiturate groups is 1. The van der Waals surface area contributed by atoms with E-state index < -0.39 is 17.8 Å². The molecule has 0 atom stereocenters. The molecule has 1 N–H and O–H groups in total. The molecule has 7 heteroatoms. The first kappa shape index (κ1) is 18.0. The van der Waals surface area contributed by atoms with Crippen LogP contribution in [0.5, 0.6) is 0 Å². The number of hydrogen-bond acceptors (Lipinski definition) is 5. The molecule has 2 aromatic rings. The SMILES string of the molecule is Cc1ccccc1N1C(=O)NC(=O)C(=Cc2ccc(N3CCCCC3)o2)C1=O. The molecule has 144 valence electrons. The van der Waals surface area contributed by atoms with Crippen LogP contribution < -0.4 is 15.1 Å². The highest BCUT2D eigenvalue weighted by atomic mass is 16.4. The number of urea groups is 1. The van der Waals surface area contributed by atoms with Crippen molar-refractivity contribution in [2.24, 2.45) is 0 Å². The number of carbonyl (C=O) groups is 3. The second-order valence-electron chi connectivity index (χ2n) is 6.97. The molecule has 0 spiro atoms. The molecule has 28 heavy (non-hydrogen) atoms. The lowest BCUT2D eigenvalue weighted by molar-refractivity contribution is -0.122. The van der Waals surface area contributed by atoms with Crippen LogP contribution in [0.15, 0.2) is 46.4 Å². The number of aryl methyl sites for hydroxylation is 1. The molecule has 1 aromatic heterocycles. The maximum atomic E-state index is 12.9. The average molecular weight is 379 g/mol. The summed E-state index contributed by atoms with van der Waals surface area (Å²) < 4.78 is 5.83. The third kappa shape index (κ3) is 3.31. The highest BCUT2D eigenvalue weighted by molar-refractivity contribution is 6.39. The van der Waals surface area contributed by atoms with Gasteiger partial charge in [-0.05, 0) is 50.0 Å². The number of rotatable bonds is 3. The molecule has 0 aliphatic carbocycles. The number of hydrogen-bond donors (Lipinski definition) is 1. The number of furan rings is 1. The van der Waals surface area contributed by atoms with Gasteiger partial charge in [0.15, 0.2) is 5.88 Å². The summed E-state index contributed by atoms with van der Waals surface area (Å²) in [5.41, 5.74) is 1.06. The number of carbonyl (C=O) groups excluding carboxylic acids is 3. The lowest BCUT2D eigenvalue weighted by Crippen LogP contribution is -2.54. The van der Waals surface area contributed by atoms with E-state index in [4.69, 9.17) is 4.42 Å². The van der Waals surface area contributed by atoms with Gasteiger partial charge < -0.3 is 9.32 Å². The third-order valence-electron chi connectivity index (χ3n) is 5.02. The number of piperidine rings is 1. The molecule has 0 radical (unpaired) electrons. The van der Waals surface area contributed by atoms with E-state index in [0.29, 0.717) is 11.4 Å². The van der Waals surface area contributed by atoms with Gasteiger partial charge in [-0.25, -0.2) is 9.69 Å². The maximum Gasteiger partial charge on any atom is 0.335 e. The molecule has 0 saturated carbocycles. The molecular formula is C21H21N3O4. The highest BCUT2D eigenvalue weighted by Gasteiger charge is 2.37. The number of nitrogens with one attached hydrogen (secondary N) is 1. The normalized spacial score (nSPS) is 19.3. The molecule has 2 aliphatic rings. The molecule has 4 amide bonds. The summed E-state index contributed by atoms with van der Waals surface area (Å²) in [7, 11) is 0. The summed E-state index contributed by atoms with van der Waals surface area (Å²) in [6.45, 7) is 3.66. The van der Waals surface area contributed by atoms with Crippen LogP contribution in [0.4, 0.5) is 16.4 Å². The van der Waals surface area contributed by atoms with Crippen LogP contribution in [0.3, 0.4) is 0 Å². The molecule has 1 aromatic carbocycles. The second-order valence-corrected chi connectivity index (χ2v) is 6.97. The largest absolute Gasteiger partial charge is 0.441 e. The monoisotopic (exact) mass is 379 g/mol. The molecular weight excluding hydrogens is 358 g/mol. The van der Waals surface area contributed by atoms with E-state index in [2.05, 4.69) is 10.2 Å². The van der Waals surface area contributed by atoms with E-state index in [9.17, 15) is 14.4 Å². The maximum absolute atomic E-state index is 12.9. The Bertz CT molecular complexity index is 970. The van der Waals surface area contributed by atoms with E-state index >= 15 is 0 Å². The minimum atomic E-state index is -0.755. The van der Waals surface area contributed by atoms with Crippen molar-refractivity contribution in [2.45, 2.75) is 26.2 Å². The van der Waals surface area contributed by atoms with Gasteiger partial charge in [0.25, 0.3) is 11.8 Å². The van der Waals surface area contributed by atoms with Crippen molar-refractivity contribution >= 4 is 35.5 Å².